The van der Waals surface area contributed by atoms with Gasteiger partial charge in [-0.1, -0.05) is 26.0 Å². The maximum atomic E-state index is 5.27. The van der Waals surface area contributed by atoms with E-state index in [1.807, 2.05) is 0 Å². The van der Waals surface area contributed by atoms with Gasteiger partial charge >= 0.3 is 0 Å². The zero-order chi connectivity index (χ0) is 10.6. The first-order valence-electron chi connectivity index (χ1n) is 5.23. The van der Waals surface area contributed by atoms with Gasteiger partial charge in [-0.25, -0.2) is 0 Å². The number of thiol groups is 1. The van der Waals surface area contributed by atoms with Crippen LogP contribution in [0.15, 0.2) is 0 Å². The molecule has 1 saturated heterocycles. The number of likely N-dealkylation sites (tertiary alicyclic amines) is 1. The summed E-state index contributed by atoms with van der Waals surface area (Å²) in [6.45, 7) is 6.23. The van der Waals surface area contributed by atoms with Crippen molar-refractivity contribution in [3.05, 3.63) is 0 Å². The Morgan fingerprint density at radius 2 is 2.29 bits per heavy atom. The van der Waals surface area contributed by atoms with Crippen molar-refractivity contribution in [1.82, 2.24) is 4.90 Å². The van der Waals surface area contributed by atoms with E-state index in [0.29, 0.717) is 17.2 Å². The minimum absolute atomic E-state index is 0.343. The maximum Gasteiger partial charge on any atom is 0.218 e. The van der Waals surface area contributed by atoms with Crippen LogP contribution in [0.2, 0.25) is 0 Å². The van der Waals surface area contributed by atoms with Gasteiger partial charge in [0.1, 0.15) is 6.73 Å². The van der Waals surface area contributed by atoms with E-state index in [1.165, 1.54) is 19.3 Å². The normalized spacial score (nSPS) is 28.8. The fourth-order valence-corrected chi connectivity index (χ4v) is 2.02. The monoisotopic (exact) mass is 233 g/mol. The van der Waals surface area contributed by atoms with Crippen LogP contribution in [0.3, 0.4) is 0 Å². The quantitative estimate of drug-likeness (QED) is 0.595. The average Bonchev–Trinajstić information content (AvgIpc) is 2.16. The van der Waals surface area contributed by atoms with Crippen molar-refractivity contribution in [2.45, 2.75) is 39.2 Å². The molecule has 0 amide bonds. The Morgan fingerprint density at radius 3 is 2.86 bits per heavy atom. The molecular weight excluding hydrogens is 214 g/mol. The second-order valence-electron chi connectivity index (χ2n) is 4.01. The van der Waals surface area contributed by atoms with Crippen LogP contribution >= 0.6 is 24.8 Å². The number of hydrogen-bond acceptors (Lipinski definition) is 3. The minimum Gasteiger partial charge on any atom is -0.463 e. The predicted octanol–water partition coefficient (Wildman–Crippen LogP) is 2.69. The Hall–Kier alpha value is 0.200. The van der Waals surface area contributed by atoms with Crippen molar-refractivity contribution in [2.75, 3.05) is 13.3 Å². The van der Waals surface area contributed by atoms with Gasteiger partial charge in [-0.15, -0.1) is 0 Å². The molecule has 1 rings (SSSR count). The second kappa shape index (κ2) is 5.93. The van der Waals surface area contributed by atoms with Gasteiger partial charge in [-0.05, 0) is 37.9 Å². The first-order chi connectivity index (χ1) is 6.63. The molecule has 0 aliphatic carbocycles. The second-order valence-corrected chi connectivity index (χ2v) is 5.09. The Balaban J connectivity index is 2.36. The van der Waals surface area contributed by atoms with E-state index < -0.39 is 0 Å². The van der Waals surface area contributed by atoms with Gasteiger partial charge in [0.05, 0.1) is 0 Å². The molecule has 2 nitrogen and oxygen atoms in total. The van der Waals surface area contributed by atoms with E-state index in [9.17, 15) is 0 Å². The number of hydrogen-bond donors (Lipinski definition) is 1. The Bertz CT molecular complexity index is 199. The molecule has 4 heteroatoms. The first kappa shape index (κ1) is 12.3. The molecule has 0 aromatic rings. The standard InChI is InChI=1S/C10H19NOS2/c1-3-9-5-4-8(2)11(6-9)7-12-10(13)14/h8-9H,3-7H2,1-2H3,(H,13,14)/t8-,9-/m1/s1. The molecule has 82 valence electrons. The highest BCUT2D eigenvalue weighted by Crippen LogP contribution is 2.23. The van der Waals surface area contributed by atoms with E-state index in [2.05, 4.69) is 31.4 Å². The van der Waals surface area contributed by atoms with Crippen LogP contribution in [0, 0.1) is 5.92 Å². The molecule has 1 heterocycles. The highest BCUT2D eigenvalue weighted by Gasteiger charge is 2.24. The molecule has 0 bridgehead atoms. The number of piperidine rings is 1. The lowest BCUT2D eigenvalue weighted by Crippen LogP contribution is -2.42. The SMILES string of the molecule is CC[C@@H]1CC[C@@H](C)N(COC(=S)S)C1. The van der Waals surface area contributed by atoms with E-state index in [0.717, 1.165) is 12.5 Å². The molecule has 0 radical (unpaired) electrons. The molecule has 1 fully saturated rings. The summed E-state index contributed by atoms with van der Waals surface area (Å²) in [6, 6.07) is 0.612. The molecular formula is C10H19NOS2. The van der Waals surface area contributed by atoms with Crippen LogP contribution in [-0.2, 0) is 4.74 Å². The summed E-state index contributed by atoms with van der Waals surface area (Å²) in [6.07, 6.45) is 3.87. The number of rotatable bonds is 3. The van der Waals surface area contributed by atoms with Crippen LogP contribution in [0.5, 0.6) is 0 Å². The number of nitrogens with zero attached hydrogens (tertiary/aromatic N) is 1. The van der Waals surface area contributed by atoms with Crippen molar-refractivity contribution in [2.24, 2.45) is 5.92 Å². The third-order valence-electron chi connectivity index (χ3n) is 3.04. The summed E-state index contributed by atoms with van der Waals surface area (Å²) in [5.41, 5.74) is 0. The molecule has 1 aliphatic rings. The summed E-state index contributed by atoms with van der Waals surface area (Å²) in [5, 5.41) is 0. The predicted molar refractivity (Wildman–Crippen MR) is 66.7 cm³/mol. The van der Waals surface area contributed by atoms with Crippen LogP contribution in [0.25, 0.3) is 0 Å². The summed E-state index contributed by atoms with van der Waals surface area (Å²) in [5.74, 6) is 0.822. The smallest absolute Gasteiger partial charge is 0.218 e. The Morgan fingerprint density at radius 1 is 1.57 bits per heavy atom. The molecule has 0 aromatic heterocycles. The molecule has 2 atom stereocenters. The van der Waals surface area contributed by atoms with Gasteiger partial charge < -0.3 is 4.74 Å². The fraction of sp³-hybridized carbons (Fsp3) is 0.900. The highest BCUT2D eigenvalue weighted by molar-refractivity contribution is 8.10. The lowest BCUT2D eigenvalue weighted by molar-refractivity contribution is 0.0390. The van der Waals surface area contributed by atoms with E-state index in [-0.39, 0.29) is 0 Å². The number of thiocarbonyl (C=S) groups is 1. The average molecular weight is 233 g/mol. The third-order valence-corrected chi connectivity index (χ3v) is 3.29. The zero-order valence-corrected chi connectivity index (χ0v) is 10.6. The lowest BCUT2D eigenvalue weighted by atomic mass is 9.92. The molecule has 1 aliphatic heterocycles. The summed E-state index contributed by atoms with van der Waals surface area (Å²) >= 11 is 8.73. The summed E-state index contributed by atoms with van der Waals surface area (Å²) < 4.78 is 5.61. The molecule has 0 aromatic carbocycles. The zero-order valence-electron chi connectivity index (χ0n) is 8.90. The van der Waals surface area contributed by atoms with Gasteiger partial charge in [-0.2, -0.15) is 0 Å². The summed E-state index contributed by atoms with van der Waals surface area (Å²) in [4.78, 5) is 2.35. The molecule has 14 heavy (non-hydrogen) atoms. The Labute approximate surface area is 97.4 Å². The Kier molecular flexibility index (Phi) is 5.20. The van der Waals surface area contributed by atoms with E-state index in [1.54, 1.807) is 0 Å². The van der Waals surface area contributed by atoms with Gasteiger partial charge in [0.2, 0.25) is 4.38 Å². The van der Waals surface area contributed by atoms with Gasteiger partial charge in [0.25, 0.3) is 0 Å². The van der Waals surface area contributed by atoms with Gasteiger partial charge in [0, 0.05) is 12.6 Å². The third kappa shape index (κ3) is 3.75. The first-order valence-corrected chi connectivity index (χ1v) is 6.08. The molecule has 0 unspecified atom stereocenters. The van der Waals surface area contributed by atoms with Crippen molar-refractivity contribution in [3.8, 4) is 0 Å². The number of ether oxygens (including phenoxy) is 1. The van der Waals surface area contributed by atoms with Gasteiger partial charge in [-0.3, -0.25) is 4.90 Å². The van der Waals surface area contributed by atoms with Crippen LogP contribution in [0.1, 0.15) is 33.1 Å². The van der Waals surface area contributed by atoms with Crippen molar-refractivity contribution in [1.29, 1.82) is 0 Å². The van der Waals surface area contributed by atoms with E-state index >= 15 is 0 Å². The summed E-state index contributed by atoms with van der Waals surface area (Å²) in [7, 11) is 0. The van der Waals surface area contributed by atoms with Gasteiger partial charge in [0.15, 0.2) is 0 Å². The minimum atomic E-state index is 0.343. The van der Waals surface area contributed by atoms with Crippen LogP contribution < -0.4 is 0 Å². The van der Waals surface area contributed by atoms with Crippen LogP contribution in [-0.4, -0.2) is 28.6 Å². The molecule has 0 saturated carbocycles. The maximum absolute atomic E-state index is 5.27. The van der Waals surface area contributed by atoms with Crippen molar-refractivity contribution >= 4 is 29.2 Å². The molecule has 0 N–H and O–H groups in total. The molecule has 0 spiro atoms. The lowest BCUT2D eigenvalue weighted by Gasteiger charge is -2.37. The van der Waals surface area contributed by atoms with Crippen LogP contribution in [0.4, 0.5) is 0 Å². The fourth-order valence-electron chi connectivity index (χ4n) is 1.91. The largest absolute Gasteiger partial charge is 0.463 e. The van der Waals surface area contributed by atoms with E-state index in [4.69, 9.17) is 17.0 Å². The highest BCUT2D eigenvalue weighted by atomic mass is 32.1. The topological polar surface area (TPSA) is 12.5 Å². The van der Waals surface area contributed by atoms with Crippen molar-refractivity contribution in [3.63, 3.8) is 0 Å². The van der Waals surface area contributed by atoms with Crippen molar-refractivity contribution < 1.29 is 4.74 Å².